The van der Waals surface area contributed by atoms with Crippen molar-refractivity contribution < 1.29 is 4.74 Å². The number of thiazole rings is 1. The molecule has 0 atom stereocenters. The van der Waals surface area contributed by atoms with Crippen LogP contribution in [0.3, 0.4) is 0 Å². The van der Waals surface area contributed by atoms with E-state index < -0.39 is 0 Å². The predicted molar refractivity (Wildman–Crippen MR) is 91.1 cm³/mol. The summed E-state index contributed by atoms with van der Waals surface area (Å²) in [4.78, 5) is 5.37. The molecule has 22 heavy (non-hydrogen) atoms. The maximum Gasteiger partial charge on any atom is 0.198 e. The molecule has 0 bridgehead atoms. The van der Waals surface area contributed by atoms with E-state index in [9.17, 15) is 0 Å². The summed E-state index contributed by atoms with van der Waals surface area (Å²) in [5.41, 5.74) is 0. The second kappa shape index (κ2) is 7.56. The van der Waals surface area contributed by atoms with Crippen molar-refractivity contribution in [2.24, 2.45) is 0 Å². The average molecular weight is 373 g/mol. The summed E-state index contributed by atoms with van der Waals surface area (Å²) in [5, 5.41) is 11.5. The summed E-state index contributed by atoms with van der Waals surface area (Å²) in [6, 6.07) is 4.07. The van der Waals surface area contributed by atoms with Gasteiger partial charge in [-0.25, -0.2) is 4.98 Å². The highest BCUT2D eigenvalue weighted by Crippen LogP contribution is 2.34. The molecular formula is C13H13ClN4OS3. The highest BCUT2D eigenvalue weighted by Gasteiger charge is 2.16. The summed E-state index contributed by atoms with van der Waals surface area (Å²) < 4.78 is 8.80. The van der Waals surface area contributed by atoms with Crippen LogP contribution in [-0.2, 0) is 11.3 Å². The van der Waals surface area contributed by atoms with E-state index in [1.807, 2.05) is 11.4 Å². The van der Waals surface area contributed by atoms with E-state index in [1.165, 1.54) is 23.1 Å². The Morgan fingerprint density at radius 2 is 2.32 bits per heavy atom. The molecule has 0 saturated heterocycles. The molecule has 5 nitrogen and oxygen atoms in total. The van der Waals surface area contributed by atoms with Gasteiger partial charge in [0.05, 0.1) is 11.1 Å². The van der Waals surface area contributed by atoms with Crippen LogP contribution in [0.1, 0.15) is 6.42 Å². The maximum atomic E-state index is 5.94. The maximum absolute atomic E-state index is 5.94. The Bertz CT molecular complexity index is 726. The van der Waals surface area contributed by atoms with Crippen molar-refractivity contribution in [2.75, 3.05) is 13.7 Å². The van der Waals surface area contributed by atoms with Crippen LogP contribution in [0.15, 0.2) is 33.2 Å². The molecule has 0 saturated carbocycles. The highest BCUT2D eigenvalue weighted by molar-refractivity contribution is 8.00. The number of rotatable bonds is 7. The van der Waals surface area contributed by atoms with Gasteiger partial charge in [-0.2, -0.15) is 0 Å². The molecular weight excluding hydrogens is 360 g/mol. The van der Waals surface area contributed by atoms with Crippen LogP contribution in [0.5, 0.6) is 0 Å². The highest BCUT2D eigenvalue weighted by atomic mass is 35.5. The van der Waals surface area contributed by atoms with Crippen molar-refractivity contribution in [2.45, 2.75) is 22.5 Å². The molecule has 3 heterocycles. The van der Waals surface area contributed by atoms with Gasteiger partial charge in [0.2, 0.25) is 0 Å². The zero-order chi connectivity index (χ0) is 15.4. The first-order chi connectivity index (χ1) is 10.8. The van der Waals surface area contributed by atoms with Crippen LogP contribution >= 0.6 is 46.0 Å². The van der Waals surface area contributed by atoms with Crippen molar-refractivity contribution in [3.8, 4) is 10.7 Å². The smallest absolute Gasteiger partial charge is 0.198 e. The lowest BCUT2D eigenvalue weighted by molar-refractivity contribution is 0.189. The Kier molecular flexibility index (Phi) is 5.48. The van der Waals surface area contributed by atoms with Crippen molar-refractivity contribution in [3.63, 3.8) is 0 Å². The van der Waals surface area contributed by atoms with Crippen LogP contribution in [-0.4, -0.2) is 33.5 Å². The molecule has 0 amide bonds. The fourth-order valence-electron chi connectivity index (χ4n) is 1.89. The Labute approximate surface area is 145 Å². The molecule has 116 valence electrons. The second-order valence-corrected chi connectivity index (χ2v) is 8.14. The number of hydrogen-bond donors (Lipinski definition) is 0. The number of halogens is 1. The van der Waals surface area contributed by atoms with Crippen molar-refractivity contribution in [1.82, 2.24) is 19.7 Å². The van der Waals surface area contributed by atoms with Gasteiger partial charge in [-0.3, -0.25) is 0 Å². The number of aromatic nitrogens is 4. The zero-order valence-electron chi connectivity index (χ0n) is 11.7. The molecule has 0 N–H and O–H groups in total. The minimum atomic E-state index is 0.673. The quantitative estimate of drug-likeness (QED) is 0.578. The third kappa shape index (κ3) is 3.69. The van der Waals surface area contributed by atoms with Gasteiger partial charge in [0, 0.05) is 20.3 Å². The van der Waals surface area contributed by atoms with E-state index in [1.54, 1.807) is 24.6 Å². The van der Waals surface area contributed by atoms with Crippen molar-refractivity contribution in [1.29, 1.82) is 0 Å². The number of thiophene rings is 1. The van der Waals surface area contributed by atoms with Crippen LogP contribution in [0.25, 0.3) is 10.7 Å². The van der Waals surface area contributed by atoms with Gasteiger partial charge >= 0.3 is 0 Å². The third-order valence-electron chi connectivity index (χ3n) is 2.82. The number of nitrogens with zero attached hydrogens (tertiary/aromatic N) is 4. The summed E-state index contributed by atoms with van der Waals surface area (Å²) in [7, 11) is 1.71. The number of hydrogen-bond acceptors (Lipinski definition) is 7. The molecule has 0 spiro atoms. The summed E-state index contributed by atoms with van der Waals surface area (Å²) in [6.45, 7) is 1.50. The first-order valence-electron chi connectivity index (χ1n) is 6.53. The summed E-state index contributed by atoms with van der Waals surface area (Å²) >= 11 is 10.5. The molecule has 0 unspecified atom stereocenters. The fraction of sp³-hybridized carbons (Fsp3) is 0.308. The molecule has 0 aromatic carbocycles. The molecule has 0 aliphatic carbocycles. The van der Waals surface area contributed by atoms with E-state index in [2.05, 4.69) is 25.8 Å². The van der Waals surface area contributed by atoms with Gasteiger partial charge in [-0.05, 0) is 29.6 Å². The SMILES string of the molecule is COCCCn1c(Sc2ncc(Cl)s2)nnc1-c1cccs1. The van der Waals surface area contributed by atoms with Gasteiger partial charge in [0.15, 0.2) is 15.3 Å². The molecule has 0 aliphatic heterocycles. The predicted octanol–water partition coefficient (Wildman–Crippen LogP) is 4.30. The molecule has 0 fully saturated rings. The van der Waals surface area contributed by atoms with Gasteiger partial charge in [0.1, 0.15) is 4.34 Å². The first kappa shape index (κ1) is 15.9. The van der Waals surface area contributed by atoms with Gasteiger partial charge in [0.25, 0.3) is 0 Å². The normalized spacial score (nSPS) is 11.2. The number of methoxy groups -OCH3 is 1. The third-order valence-corrected chi connectivity index (χ3v) is 5.86. The van der Waals surface area contributed by atoms with E-state index >= 15 is 0 Å². The topological polar surface area (TPSA) is 52.8 Å². The second-order valence-electron chi connectivity index (χ2n) is 4.31. The Morgan fingerprint density at radius 3 is 3.00 bits per heavy atom. The van der Waals surface area contributed by atoms with Gasteiger partial charge < -0.3 is 9.30 Å². The minimum Gasteiger partial charge on any atom is -0.385 e. The Hall–Kier alpha value is -0.930. The first-order valence-corrected chi connectivity index (χ1v) is 9.42. The van der Waals surface area contributed by atoms with E-state index in [-0.39, 0.29) is 0 Å². The molecule has 9 heteroatoms. The number of ether oxygens (including phenoxy) is 1. The lowest BCUT2D eigenvalue weighted by Crippen LogP contribution is -2.04. The van der Waals surface area contributed by atoms with Crippen LogP contribution < -0.4 is 0 Å². The Balaban J connectivity index is 1.88. The molecule has 3 rings (SSSR count). The summed E-state index contributed by atoms with van der Waals surface area (Å²) in [6.07, 6.45) is 2.56. The largest absolute Gasteiger partial charge is 0.385 e. The van der Waals surface area contributed by atoms with Gasteiger partial charge in [-0.1, -0.05) is 29.0 Å². The molecule has 0 radical (unpaired) electrons. The Morgan fingerprint density at radius 1 is 1.41 bits per heavy atom. The van der Waals surface area contributed by atoms with Crippen molar-refractivity contribution in [3.05, 3.63) is 28.0 Å². The molecule has 3 aromatic heterocycles. The van der Waals surface area contributed by atoms with Gasteiger partial charge in [-0.15, -0.1) is 21.5 Å². The van der Waals surface area contributed by atoms with Crippen LogP contribution in [0, 0.1) is 0 Å². The zero-order valence-corrected chi connectivity index (χ0v) is 14.9. The van der Waals surface area contributed by atoms with Crippen molar-refractivity contribution >= 4 is 46.0 Å². The lowest BCUT2D eigenvalue weighted by Gasteiger charge is -2.08. The minimum absolute atomic E-state index is 0.673. The lowest BCUT2D eigenvalue weighted by atomic mass is 10.4. The average Bonchev–Trinajstić information content (AvgIpc) is 3.22. The monoisotopic (exact) mass is 372 g/mol. The van der Waals surface area contributed by atoms with E-state index in [0.29, 0.717) is 10.9 Å². The van der Waals surface area contributed by atoms with Crippen LogP contribution in [0.2, 0.25) is 4.34 Å². The van der Waals surface area contributed by atoms with E-state index in [0.717, 1.165) is 33.2 Å². The summed E-state index contributed by atoms with van der Waals surface area (Å²) in [5.74, 6) is 0.885. The fourth-order valence-corrected chi connectivity index (χ4v) is 4.68. The van der Waals surface area contributed by atoms with E-state index in [4.69, 9.17) is 16.3 Å². The standard InChI is InChI=1S/C13H13ClN4OS3/c1-19-6-3-5-18-11(9-4-2-7-20-9)16-17-12(18)22-13-15-8-10(14)21-13/h2,4,7-8H,3,5-6H2,1H3. The van der Waals surface area contributed by atoms with Crippen LogP contribution in [0.4, 0.5) is 0 Å². The molecule has 0 aliphatic rings. The molecule has 3 aromatic rings.